The number of rotatable bonds is 1. The number of aryl methyl sites for hydroxylation is 1. The van der Waals surface area contributed by atoms with Gasteiger partial charge in [0, 0.05) is 6.07 Å². The Morgan fingerprint density at radius 2 is 1.45 bits per heavy atom. The highest BCUT2D eigenvalue weighted by molar-refractivity contribution is 5.38. The average Bonchev–Trinajstić information content (AvgIpc) is 2.69. The minimum atomic E-state index is -5.00. The largest absolute Gasteiger partial charge is 0.433 e. The molecule has 2 nitrogen and oxygen atoms in total. The summed E-state index contributed by atoms with van der Waals surface area (Å²) >= 11 is 0. The zero-order valence-electron chi connectivity index (χ0n) is 9.69. The molecule has 108 valence electrons. The first-order valence-corrected chi connectivity index (χ1v) is 5.10. The molecule has 0 radical (unpaired) electrons. The first-order chi connectivity index (χ1) is 9.12. The highest BCUT2D eigenvalue weighted by atomic mass is 19.4. The third kappa shape index (κ3) is 2.23. The van der Waals surface area contributed by atoms with Gasteiger partial charge in [-0.3, -0.25) is 0 Å². The second kappa shape index (κ2) is 4.50. The molecule has 0 amide bonds. The normalized spacial score (nSPS) is 12.0. The summed E-state index contributed by atoms with van der Waals surface area (Å²) in [5, 5.41) is 3.23. The minimum Gasteiger partial charge on any atom is -0.222 e. The molecule has 0 bridgehead atoms. The molecule has 1 aromatic carbocycles. The molecule has 0 aliphatic heterocycles. The first kappa shape index (κ1) is 14.4. The average molecular weight is 298 g/mol. The number of alkyl halides is 3. The fourth-order valence-corrected chi connectivity index (χ4v) is 1.62. The van der Waals surface area contributed by atoms with Crippen LogP contribution in [-0.2, 0) is 6.18 Å². The van der Waals surface area contributed by atoms with Crippen LogP contribution in [0.2, 0.25) is 0 Å². The maximum Gasteiger partial charge on any atom is 0.433 e. The monoisotopic (exact) mass is 298 g/mol. The molecular weight excluding hydrogens is 293 g/mol. The quantitative estimate of drug-likeness (QED) is 0.579. The molecule has 1 heterocycles. The van der Waals surface area contributed by atoms with Crippen LogP contribution in [0.4, 0.5) is 30.7 Å². The van der Waals surface area contributed by atoms with Gasteiger partial charge in [-0.15, -0.1) is 0 Å². The summed E-state index contributed by atoms with van der Waals surface area (Å²) in [6.07, 6.45) is -5.00. The number of benzene rings is 1. The van der Waals surface area contributed by atoms with Crippen LogP contribution in [0.5, 0.6) is 0 Å². The second-order valence-electron chi connectivity index (χ2n) is 3.90. The first-order valence-electron chi connectivity index (χ1n) is 5.10. The van der Waals surface area contributed by atoms with Gasteiger partial charge in [0.1, 0.15) is 11.4 Å². The van der Waals surface area contributed by atoms with E-state index in [-0.39, 0.29) is 16.4 Å². The van der Waals surface area contributed by atoms with Gasteiger partial charge < -0.3 is 0 Å². The van der Waals surface area contributed by atoms with Crippen molar-refractivity contribution in [2.24, 2.45) is 0 Å². The third-order valence-electron chi connectivity index (χ3n) is 2.42. The standard InChI is InChI=1S/C11H5F7N2/c1-4-2-7(11(16,17)18)20(19-4)10-8(14)5(12)3-6(13)9(10)15/h2-3H,1H3. The Balaban J connectivity index is 2.82. The molecule has 9 heteroatoms. The Kier molecular flexibility index (Phi) is 3.23. The van der Waals surface area contributed by atoms with Gasteiger partial charge in [-0.1, -0.05) is 0 Å². The van der Waals surface area contributed by atoms with E-state index in [1.165, 1.54) is 0 Å². The summed E-state index contributed by atoms with van der Waals surface area (Å²) in [4.78, 5) is 0. The van der Waals surface area contributed by atoms with Crippen molar-refractivity contribution in [3.8, 4) is 5.69 Å². The van der Waals surface area contributed by atoms with Crippen LogP contribution in [0.25, 0.3) is 5.69 Å². The van der Waals surface area contributed by atoms with E-state index >= 15 is 0 Å². The van der Waals surface area contributed by atoms with Crippen molar-refractivity contribution in [3.05, 3.63) is 46.8 Å². The minimum absolute atomic E-state index is 0.0994. The van der Waals surface area contributed by atoms with Crippen molar-refractivity contribution in [1.29, 1.82) is 0 Å². The number of aromatic nitrogens is 2. The molecule has 0 N–H and O–H groups in total. The van der Waals surface area contributed by atoms with Crippen molar-refractivity contribution in [3.63, 3.8) is 0 Å². The Morgan fingerprint density at radius 3 is 1.90 bits per heavy atom. The summed E-state index contributed by atoms with van der Waals surface area (Å²) in [6.45, 7) is 1.14. The van der Waals surface area contributed by atoms with E-state index in [9.17, 15) is 30.7 Å². The summed E-state index contributed by atoms with van der Waals surface area (Å²) in [5.74, 6) is -7.56. The lowest BCUT2D eigenvalue weighted by Gasteiger charge is -2.12. The molecule has 0 unspecified atom stereocenters. The van der Waals surface area contributed by atoms with E-state index in [0.29, 0.717) is 6.07 Å². The molecule has 0 saturated carbocycles. The van der Waals surface area contributed by atoms with E-state index in [1.54, 1.807) is 0 Å². The van der Waals surface area contributed by atoms with Gasteiger partial charge in [-0.25, -0.2) is 22.2 Å². The van der Waals surface area contributed by atoms with Crippen LogP contribution in [0, 0.1) is 30.2 Å². The lowest BCUT2D eigenvalue weighted by molar-refractivity contribution is -0.142. The molecular formula is C11H5F7N2. The number of halogens is 7. The Bertz CT molecular complexity index is 646. The Morgan fingerprint density at radius 1 is 0.950 bits per heavy atom. The molecule has 2 aromatic rings. The Hall–Kier alpha value is -2.06. The van der Waals surface area contributed by atoms with Crippen LogP contribution in [0.15, 0.2) is 12.1 Å². The SMILES string of the molecule is Cc1cc(C(F)(F)F)n(-c2c(F)c(F)cc(F)c2F)n1. The smallest absolute Gasteiger partial charge is 0.222 e. The number of nitrogens with zero attached hydrogens (tertiary/aromatic N) is 2. The fourth-order valence-electron chi connectivity index (χ4n) is 1.62. The number of hydrogen-bond acceptors (Lipinski definition) is 1. The van der Waals surface area contributed by atoms with E-state index in [0.717, 1.165) is 6.92 Å². The van der Waals surface area contributed by atoms with E-state index in [2.05, 4.69) is 5.10 Å². The molecule has 0 spiro atoms. The van der Waals surface area contributed by atoms with Crippen molar-refractivity contribution in [1.82, 2.24) is 9.78 Å². The molecule has 0 aliphatic rings. The highest BCUT2D eigenvalue weighted by Crippen LogP contribution is 2.33. The lowest BCUT2D eigenvalue weighted by atomic mass is 10.2. The van der Waals surface area contributed by atoms with Gasteiger partial charge in [-0.05, 0) is 13.0 Å². The zero-order chi connectivity index (χ0) is 15.2. The van der Waals surface area contributed by atoms with Crippen molar-refractivity contribution in [2.75, 3.05) is 0 Å². The maximum atomic E-state index is 13.5. The molecule has 0 saturated heterocycles. The van der Waals surface area contributed by atoms with Gasteiger partial charge in [0.25, 0.3) is 0 Å². The summed E-state index contributed by atoms with van der Waals surface area (Å²) in [6, 6.07) is 0.402. The van der Waals surface area contributed by atoms with E-state index in [1.807, 2.05) is 0 Å². The predicted molar refractivity (Wildman–Crippen MR) is 53.1 cm³/mol. The molecule has 1 aromatic heterocycles. The molecule has 0 fully saturated rings. The van der Waals surface area contributed by atoms with E-state index in [4.69, 9.17) is 0 Å². The van der Waals surface area contributed by atoms with Gasteiger partial charge in [0.2, 0.25) is 0 Å². The third-order valence-corrected chi connectivity index (χ3v) is 2.42. The zero-order valence-corrected chi connectivity index (χ0v) is 9.69. The topological polar surface area (TPSA) is 17.8 Å². The molecule has 0 atom stereocenters. The van der Waals surface area contributed by atoms with Crippen LogP contribution in [0.1, 0.15) is 11.4 Å². The van der Waals surface area contributed by atoms with Crippen LogP contribution in [0.3, 0.4) is 0 Å². The highest BCUT2D eigenvalue weighted by Gasteiger charge is 2.37. The number of hydrogen-bond donors (Lipinski definition) is 0. The summed E-state index contributed by atoms with van der Waals surface area (Å²) in [7, 11) is 0. The van der Waals surface area contributed by atoms with Gasteiger partial charge in [0.05, 0.1) is 5.69 Å². The van der Waals surface area contributed by atoms with Gasteiger partial charge in [0.15, 0.2) is 23.3 Å². The van der Waals surface area contributed by atoms with E-state index < -0.39 is 40.8 Å². The van der Waals surface area contributed by atoms with Crippen LogP contribution >= 0.6 is 0 Å². The van der Waals surface area contributed by atoms with Crippen LogP contribution in [-0.4, -0.2) is 9.78 Å². The molecule has 2 rings (SSSR count). The lowest BCUT2D eigenvalue weighted by Crippen LogP contribution is -2.16. The molecule has 0 aliphatic carbocycles. The maximum absolute atomic E-state index is 13.5. The second-order valence-corrected chi connectivity index (χ2v) is 3.90. The van der Waals surface area contributed by atoms with Gasteiger partial charge in [-0.2, -0.15) is 18.3 Å². The summed E-state index contributed by atoms with van der Waals surface area (Å²) in [5.41, 5.74) is -3.32. The van der Waals surface area contributed by atoms with Crippen LogP contribution < -0.4 is 0 Å². The van der Waals surface area contributed by atoms with Crippen molar-refractivity contribution in [2.45, 2.75) is 13.1 Å². The van der Waals surface area contributed by atoms with Gasteiger partial charge >= 0.3 is 6.18 Å². The van der Waals surface area contributed by atoms with Crippen molar-refractivity contribution >= 4 is 0 Å². The van der Waals surface area contributed by atoms with Crippen molar-refractivity contribution < 1.29 is 30.7 Å². The Labute approximate surface area is 107 Å². The molecule has 20 heavy (non-hydrogen) atoms. The fraction of sp³-hybridized carbons (Fsp3) is 0.182. The predicted octanol–water partition coefficient (Wildman–Crippen LogP) is 3.76. The summed E-state index contributed by atoms with van der Waals surface area (Å²) < 4.78 is 91.0.